The van der Waals surface area contributed by atoms with E-state index in [0.29, 0.717) is 12.5 Å². The highest BCUT2D eigenvalue weighted by molar-refractivity contribution is 5.96. The number of carbonyl (C=O) groups is 1. The summed E-state index contributed by atoms with van der Waals surface area (Å²) in [4.78, 5) is 12.0. The highest BCUT2D eigenvalue weighted by Gasteiger charge is 2.35. The largest absolute Gasteiger partial charge is 0.417 e. The summed E-state index contributed by atoms with van der Waals surface area (Å²) in [5.74, 6) is -1.84. The van der Waals surface area contributed by atoms with E-state index in [0.717, 1.165) is 37.8 Å². The van der Waals surface area contributed by atoms with Crippen molar-refractivity contribution in [1.82, 2.24) is 5.32 Å². The molecular weight excluding hydrogens is 298 g/mol. The Morgan fingerprint density at radius 3 is 2.50 bits per heavy atom. The molecule has 0 aromatic heterocycles. The average Bonchev–Trinajstić information content (AvgIpc) is 2.42. The molecule has 0 saturated heterocycles. The predicted molar refractivity (Wildman–Crippen MR) is 77.1 cm³/mol. The SMILES string of the molecule is CCCCCCC(C)NC(=O)c1ccc(F)cc1C(F)(F)F. The van der Waals surface area contributed by atoms with Crippen molar-refractivity contribution in [2.24, 2.45) is 0 Å². The lowest BCUT2D eigenvalue weighted by molar-refractivity contribution is -0.138. The number of alkyl halides is 3. The molecule has 2 nitrogen and oxygen atoms in total. The van der Waals surface area contributed by atoms with Crippen molar-refractivity contribution in [2.45, 2.75) is 58.2 Å². The molecule has 0 aliphatic carbocycles. The van der Waals surface area contributed by atoms with Crippen LogP contribution in [0.3, 0.4) is 0 Å². The third kappa shape index (κ3) is 5.66. The van der Waals surface area contributed by atoms with Gasteiger partial charge in [-0.05, 0) is 31.5 Å². The number of amides is 1. The van der Waals surface area contributed by atoms with Gasteiger partial charge in [0.25, 0.3) is 5.91 Å². The van der Waals surface area contributed by atoms with Gasteiger partial charge in [0.2, 0.25) is 0 Å². The third-order valence-electron chi connectivity index (χ3n) is 3.40. The van der Waals surface area contributed by atoms with Crippen LogP contribution in [0.15, 0.2) is 18.2 Å². The summed E-state index contributed by atoms with van der Waals surface area (Å²) >= 11 is 0. The minimum Gasteiger partial charge on any atom is -0.350 e. The summed E-state index contributed by atoms with van der Waals surface area (Å²) in [6.07, 6.45) is 0.0570. The van der Waals surface area contributed by atoms with Gasteiger partial charge in [0.05, 0.1) is 11.1 Å². The van der Waals surface area contributed by atoms with Gasteiger partial charge in [-0.3, -0.25) is 4.79 Å². The molecule has 124 valence electrons. The highest BCUT2D eigenvalue weighted by atomic mass is 19.4. The predicted octanol–water partition coefficient (Wildman–Crippen LogP) is 4.93. The molecule has 1 N–H and O–H groups in total. The van der Waals surface area contributed by atoms with E-state index >= 15 is 0 Å². The number of hydrogen-bond donors (Lipinski definition) is 1. The Kier molecular flexibility index (Phi) is 6.84. The number of nitrogens with one attached hydrogen (secondary N) is 1. The van der Waals surface area contributed by atoms with Crippen LogP contribution >= 0.6 is 0 Å². The maximum absolute atomic E-state index is 13.0. The van der Waals surface area contributed by atoms with Crippen LogP contribution in [0.5, 0.6) is 0 Å². The Bertz CT molecular complexity index is 499. The van der Waals surface area contributed by atoms with Crippen LogP contribution in [-0.2, 0) is 6.18 Å². The van der Waals surface area contributed by atoms with Gasteiger partial charge in [-0.1, -0.05) is 32.6 Å². The van der Waals surface area contributed by atoms with Gasteiger partial charge in [-0.2, -0.15) is 13.2 Å². The fourth-order valence-electron chi connectivity index (χ4n) is 2.20. The van der Waals surface area contributed by atoms with Crippen molar-refractivity contribution in [3.63, 3.8) is 0 Å². The quantitative estimate of drug-likeness (QED) is 0.560. The Labute approximate surface area is 127 Å². The summed E-state index contributed by atoms with van der Waals surface area (Å²) in [7, 11) is 0. The molecule has 1 atom stereocenters. The van der Waals surface area contributed by atoms with E-state index in [-0.39, 0.29) is 6.04 Å². The molecule has 1 amide bonds. The zero-order valence-electron chi connectivity index (χ0n) is 12.8. The van der Waals surface area contributed by atoms with Gasteiger partial charge in [-0.25, -0.2) is 4.39 Å². The van der Waals surface area contributed by atoms with Crippen molar-refractivity contribution >= 4 is 5.91 Å². The van der Waals surface area contributed by atoms with E-state index < -0.39 is 29.0 Å². The molecule has 0 spiro atoms. The van der Waals surface area contributed by atoms with Crippen molar-refractivity contribution in [2.75, 3.05) is 0 Å². The molecule has 0 radical (unpaired) electrons. The summed E-state index contributed by atoms with van der Waals surface area (Å²) in [6.45, 7) is 3.83. The molecule has 0 fully saturated rings. The lowest BCUT2D eigenvalue weighted by Gasteiger charge is -2.17. The maximum Gasteiger partial charge on any atom is 0.417 e. The fourth-order valence-corrected chi connectivity index (χ4v) is 2.20. The molecule has 6 heteroatoms. The number of halogens is 4. The van der Waals surface area contributed by atoms with Crippen LogP contribution in [0.25, 0.3) is 0 Å². The second-order valence-corrected chi connectivity index (χ2v) is 5.41. The minimum atomic E-state index is -4.76. The van der Waals surface area contributed by atoms with Gasteiger partial charge in [0.1, 0.15) is 5.82 Å². The first-order valence-corrected chi connectivity index (χ1v) is 7.43. The van der Waals surface area contributed by atoms with Crippen molar-refractivity contribution in [1.29, 1.82) is 0 Å². The van der Waals surface area contributed by atoms with Crippen LogP contribution in [0, 0.1) is 5.82 Å². The van der Waals surface area contributed by atoms with Crippen LogP contribution in [0.4, 0.5) is 17.6 Å². The molecule has 0 saturated carbocycles. The standard InChI is InChI=1S/C16H21F4NO/c1-3-4-5-6-7-11(2)21-15(22)13-9-8-12(17)10-14(13)16(18,19)20/h8-11H,3-7H2,1-2H3,(H,21,22). The molecule has 1 aromatic rings. The third-order valence-corrected chi connectivity index (χ3v) is 3.40. The van der Waals surface area contributed by atoms with E-state index in [1.54, 1.807) is 6.92 Å². The molecule has 0 aliphatic heterocycles. The first-order valence-electron chi connectivity index (χ1n) is 7.43. The fraction of sp³-hybridized carbons (Fsp3) is 0.562. The van der Waals surface area contributed by atoms with Crippen LogP contribution in [-0.4, -0.2) is 11.9 Å². The molecular formula is C16H21F4NO. The van der Waals surface area contributed by atoms with Crippen molar-refractivity contribution < 1.29 is 22.4 Å². The minimum absolute atomic E-state index is 0.226. The monoisotopic (exact) mass is 319 g/mol. The lowest BCUT2D eigenvalue weighted by atomic mass is 10.0. The van der Waals surface area contributed by atoms with Crippen LogP contribution in [0.1, 0.15) is 61.9 Å². The van der Waals surface area contributed by atoms with E-state index in [1.807, 2.05) is 0 Å². The number of benzene rings is 1. The van der Waals surface area contributed by atoms with E-state index in [9.17, 15) is 22.4 Å². The maximum atomic E-state index is 13.0. The smallest absolute Gasteiger partial charge is 0.350 e. The van der Waals surface area contributed by atoms with E-state index in [2.05, 4.69) is 12.2 Å². The summed E-state index contributed by atoms with van der Waals surface area (Å²) in [5, 5.41) is 2.54. The van der Waals surface area contributed by atoms with E-state index in [4.69, 9.17) is 0 Å². The Balaban J connectivity index is 2.73. The van der Waals surface area contributed by atoms with Crippen LogP contribution in [0.2, 0.25) is 0 Å². The van der Waals surface area contributed by atoms with Gasteiger partial charge in [0.15, 0.2) is 0 Å². The zero-order chi connectivity index (χ0) is 16.8. The lowest BCUT2D eigenvalue weighted by Crippen LogP contribution is -2.34. The summed E-state index contributed by atoms with van der Waals surface area (Å²) in [6, 6.07) is 1.85. The second kappa shape index (κ2) is 8.15. The molecule has 1 aromatic carbocycles. The first kappa shape index (κ1) is 18.5. The Morgan fingerprint density at radius 2 is 1.91 bits per heavy atom. The average molecular weight is 319 g/mol. The molecule has 1 rings (SSSR count). The molecule has 0 aliphatic rings. The number of carbonyl (C=O) groups excluding carboxylic acids is 1. The van der Waals surface area contributed by atoms with Gasteiger partial charge >= 0.3 is 6.18 Å². The van der Waals surface area contributed by atoms with Gasteiger partial charge in [-0.15, -0.1) is 0 Å². The number of unbranched alkanes of at least 4 members (excludes halogenated alkanes) is 3. The topological polar surface area (TPSA) is 29.1 Å². The molecule has 0 heterocycles. The first-order chi connectivity index (χ1) is 10.3. The Morgan fingerprint density at radius 1 is 1.23 bits per heavy atom. The molecule has 0 bridgehead atoms. The normalized spacial score (nSPS) is 13.0. The van der Waals surface area contributed by atoms with Crippen molar-refractivity contribution in [3.05, 3.63) is 35.1 Å². The summed E-state index contributed by atoms with van der Waals surface area (Å²) < 4.78 is 51.6. The Hall–Kier alpha value is -1.59. The number of hydrogen-bond acceptors (Lipinski definition) is 1. The number of rotatable bonds is 7. The van der Waals surface area contributed by atoms with Gasteiger partial charge < -0.3 is 5.32 Å². The molecule has 22 heavy (non-hydrogen) atoms. The summed E-state index contributed by atoms with van der Waals surface area (Å²) in [5.41, 5.74) is -1.79. The second-order valence-electron chi connectivity index (χ2n) is 5.41. The highest BCUT2D eigenvalue weighted by Crippen LogP contribution is 2.32. The van der Waals surface area contributed by atoms with Crippen LogP contribution < -0.4 is 5.32 Å². The van der Waals surface area contributed by atoms with Crippen molar-refractivity contribution in [3.8, 4) is 0 Å². The van der Waals surface area contributed by atoms with Gasteiger partial charge in [0, 0.05) is 6.04 Å². The van der Waals surface area contributed by atoms with E-state index in [1.165, 1.54) is 0 Å². The molecule has 1 unspecified atom stereocenters. The zero-order valence-corrected chi connectivity index (χ0v) is 12.8.